The Morgan fingerprint density at radius 2 is 1.94 bits per heavy atom. The van der Waals surface area contributed by atoms with Gasteiger partial charge in [0.25, 0.3) is 0 Å². The molecule has 0 aliphatic heterocycles. The van der Waals surface area contributed by atoms with Gasteiger partial charge in [0.15, 0.2) is 0 Å². The van der Waals surface area contributed by atoms with Gasteiger partial charge in [0.05, 0.1) is 13.7 Å². The van der Waals surface area contributed by atoms with Gasteiger partial charge in [0.2, 0.25) is 0 Å². The first-order valence-corrected chi connectivity index (χ1v) is 5.77. The molecule has 0 aromatic heterocycles. The summed E-state index contributed by atoms with van der Waals surface area (Å²) in [5.41, 5.74) is 4.92. The number of nitrogens with zero attached hydrogens (tertiary/aromatic N) is 1. The predicted octanol–water partition coefficient (Wildman–Crippen LogP) is 2.25. The smallest absolute Gasteiger partial charge is 0.133 e. The van der Waals surface area contributed by atoms with Crippen molar-refractivity contribution in [3.8, 4) is 5.75 Å². The molecule has 0 radical (unpaired) electrons. The van der Waals surface area contributed by atoms with E-state index in [1.54, 1.807) is 7.11 Å². The molecule has 0 aliphatic carbocycles. The van der Waals surface area contributed by atoms with E-state index in [1.165, 1.54) is 22.3 Å². The zero-order valence-electron chi connectivity index (χ0n) is 11.3. The second-order valence-corrected chi connectivity index (χ2v) is 4.49. The molecule has 3 nitrogen and oxygen atoms in total. The number of carbonyl (C=O) groups excluding carboxylic acids is 1. The van der Waals surface area contributed by atoms with E-state index in [0.29, 0.717) is 6.54 Å². The maximum Gasteiger partial charge on any atom is 0.133 e. The highest BCUT2D eigenvalue weighted by molar-refractivity contribution is 5.52. The first-order chi connectivity index (χ1) is 8.01. The third-order valence-corrected chi connectivity index (χ3v) is 3.24. The third kappa shape index (κ3) is 3.07. The molecule has 1 aromatic carbocycles. The molecule has 0 amide bonds. The Balaban J connectivity index is 3.08. The molecule has 1 aromatic rings. The summed E-state index contributed by atoms with van der Waals surface area (Å²) in [7, 11) is 3.65. The normalized spacial score (nSPS) is 10.7. The molecule has 0 bridgehead atoms. The first-order valence-electron chi connectivity index (χ1n) is 5.77. The number of aldehydes is 1. The van der Waals surface area contributed by atoms with Gasteiger partial charge in [-0.2, -0.15) is 0 Å². The van der Waals surface area contributed by atoms with Gasteiger partial charge in [-0.15, -0.1) is 0 Å². The number of benzene rings is 1. The topological polar surface area (TPSA) is 29.5 Å². The predicted molar refractivity (Wildman–Crippen MR) is 69.6 cm³/mol. The molecule has 1 rings (SSSR count). The molecule has 0 heterocycles. The lowest BCUT2D eigenvalue weighted by Crippen LogP contribution is -2.21. The van der Waals surface area contributed by atoms with Gasteiger partial charge in [-0.05, 0) is 56.1 Å². The maximum absolute atomic E-state index is 10.5. The third-order valence-electron chi connectivity index (χ3n) is 3.24. The SMILES string of the molecule is COc1cc(C)c(CN(C)CC=O)c(C)c1C. The van der Waals surface area contributed by atoms with E-state index in [9.17, 15) is 4.79 Å². The molecule has 0 saturated heterocycles. The van der Waals surface area contributed by atoms with Crippen LogP contribution in [0.15, 0.2) is 6.07 Å². The Hall–Kier alpha value is -1.35. The van der Waals surface area contributed by atoms with E-state index in [0.717, 1.165) is 18.6 Å². The molecule has 0 N–H and O–H groups in total. The highest BCUT2D eigenvalue weighted by Gasteiger charge is 2.12. The second kappa shape index (κ2) is 5.82. The Morgan fingerprint density at radius 3 is 2.47 bits per heavy atom. The van der Waals surface area contributed by atoms with E-state index in [-0.39, 0.29) is 0 Å². The van der Waals surface area contributed by atoms with Crippen molar-refractivity contribution in [2.75, 3.05) is 20.7 Å². The monoisotopic (exact) mass is 235 g/mol. The fraction of sp³-hybridized carbons (Fsp3) is 0.500. The Morgan fingerprint density at radius 1 is 1.29 bits per heavy atom. The molecule has 0 unspecified atom stereocenters. The summed E-state index contributed by atoms with van der Waals surface area (Å²) in [5.74, 6) is 0.932. The van der Waals surface area contributed by atoms with Crippen LogP contribution in [0.3, 0.4) is 0 Å². The van der Waals surface area contributed by atoms with Crippen LogP contribution in [0.4, 0.5) is 0 Å². The van der Waals surface area contributed by atoms with Gasteiger partial charge in [-0.1, -0.05) is 0 Å². The summed E-state index contributed by atoms with van der Waals surface area (Å²) in [6.07, 6.45) is 0.932. The average molecular weight is 235 g/mol. The number of carbonyl (C=O) groups is 1. The Bertz CT molecular complexity index is 413. The number of likely N-dealkylation sites (N-methyl/N-ethyl adjacent to an activating group) is 1. The van der Waals surface area contributed by atoms with Crippen LogP contribution < -0.4 is 4.74 Å². The lowest BCUT2D eigenvalue weighted by molar-refractivity contribution is -0.108. The van der Waals surface area contributed by atoms with Crippen molar-refractivity contribution in [2.24, 2.45) is 0 Å². The van der Waals surface area contributed by atoms with Gasteiger partial charge in [-0.3, -0.25) is 4.90 Å². The van der Waals surface area contributed by atoms with Crippen molar-refractivity contribution in [2.45, 2.75) is 27.3 Å². The lowest BCUT2D eigenvalue weighted by Gasteiger charge is -2.20. The first kappa shape index (κ1) is 13.7. The number of aryl methyl sites for hydroxylation is 1. The summed E-state index contributed by atoms with van der Waals surface area (Å²) in [4.78, 5) is 12.5. The molecular formula is C14H21NO2. The molecule has 0 spiro atoms. The fourth-order valence-corrected chi connectivity index (χ4v) is 2.02. The molecule has 0 saturated carbocycles. The number of rotatable bonds is 5. The van der Waals surface area contributed by atoms with Crippen molar-refractivity contribution < 1.29 is 9.53 Å². The summed E-state index contributed by atoms with van der Waals surface area (Å²) < 4.78 is 5.34. The molecule has 3 heteroatoms. The Kier molecular flexibility index (Phi) is 4.70. The minimum absolute atomic E-state index is 0.462. The van der Waals surface area contributed by atoms with Crippen LogP contribution in [-0.4, -0.2) is 31.9 Å². The summed E-state index contributed by atoms with van der Waals surface area (Å²) in [6, 6.07) is 2.06. The number of hydrogen-bond donors (Lipinski definition) is 0. The van der Waals surface area contributed by atoms with Crippen molar-refractivity contribution in [3.63, 3.8) is 0 Å². The highest BCUT2D eigenvalue weighted by Crippen LogP contribution is 2.27. The molecule has 94 valence electrons. The van der Waals surface area contributed by atoms with E-state index in [2.05, 4.69) is 26.8 Å². The maximum atomic E-state index is 10.5. The van der Waals surface area contributed by atoms with E-state index in [1.807, 2.05) is 11.9 Å². The molecular weight excluding hydrogens is 214 g/mol. The number of hydrogen-bond acceptors (Lipinski definition) is 3. The minimum Gasteiger partial charge on any atom is -0.496 e. The van der Waals surface area contributed by atoms with Crippen LogP contribution in [0.1, 0.15) is 22.3 Å². The van der Waals surface area contributed by atoms with E-state index >= 15 is 0 Å². The van der Waals surface area contributed by atoms with Crippen molar-refractivity contribution >= 4 is 6.29 Å². The van der Waals surface area contributed by atoms with E-state index < -0.39 is 0 Å². The summed E-state index contributed by atoms with van der Waals surface area (Å²) >= 11 is 0. The van der Waals surface area contributed by atoms with Crippen LogP contribution in [0, 0.1) is 20.8 Å². The van der Waals surface area contributed by atoms with Gasteiger partial charge in [-0.25, -0.2) is 0 Å². The van der Waals surface area contributed by atoms with Gasteiger partial charge < -0.3 is 9.53 Å². The molecule has 0 fully saturated rings. The molecule has 0 atom stereocenters. The lowest BCUT2D eigenvalue weighted by atomic mass is 9.97. The quantitative estimate of drug-likeness (QED) is 0.733. The molecule has 0 aliphatic rings. The van der Waals surface area contributed by atoms with Gasteiger partial charge in [0.1, 0.15) is 12.0 Å². The standard InChI is InChI=1S/C14H21NO2/c1-10-8-14(17-5)12(3)11(2)13(10)9-15(4)6-7-16/h7-8H,6,9H2,1-5H3. The number of ether oxygens (including phenoxy) is 1. The van der Waals surface area contributed by atoms with Gasteiger partial charge in [0, 0.05) is 6.54 Å². The van der Waals surface area contributed by atoms with E-state index in [4.69, 9.17) is 4.74 Å². The largest absolute Gasteiger partial charge is 0.496 e. The van der Waals surface area contributed by atoms with Crippen LogP contribution in [0.5, 0.6) is 5.75 Å². The second-order valence-electron chi connectivity index (χ2n) is 4.49. The average Bonchev–Trinajstić information content (AvgIpc) is 2.29. The zero-order chi connectivity index (χ0) is 13.0. The van der Waals surface area contributed by atoms with Crippen molar-refractivity contribution in [1.29, 1.82) is 0 Å². The van der Waals surface area contributed by atoms with Crippen molar-refractivity contribution in [1.82, 2.24) is 4.90 Å². The summed E-state index contributed by atoms with van der Waals surface area (Å²) in [6.45, 7) is 7.51. The van der Waals surface area contributed by atoms with Crippen molar-refractivity contribution in [3.05, 3.63) is 28.3 Å². The highest BCUT2D eigenvalue weighted by atomic mass is 16.5. The van der Waals surface area contributed by atoms with Crippen LogP contribution >= 0.6 is 0 Å². The number of methoxy groups -OCH3 is 1. The van der Waals surface area contributed by atoms with Crippen LogP contribution in [-0.2, 0) is 11.3 Å². The zero-order valence-corrected chi connectivity index (χ0v) is 11.3. The van der Waals surface area contributed by atoms with Crippen LogP contribution in [0.2, 0.25) is 0 Å². The summed E-state index contributed by atoms with van der Waals surface area (Å²) in [5, 5.41) is 0. The fourth-order valence-electron chi connectivity index (χ4n) is 2.02. The van der Waals surface area contributed by atoms with Crippen LogP contribution in [0.25, 0.3) is 0 Å². The Labute approximate surface area is 103 Å². The minimum atomic E-state index is 0.462. The molecule has 17 heavy (non-hydrogen) atoms. The van der Waals surface area contributed by atoms with Gasteiger partial charge >= 0.3 is 0 Å².